The van der Waals surface area contributed by atoms with Crippen LogP contribution in [0, 0.1) is 13.8 Å². The number of rotatable bonds is 7. The van der Waals surface area contributed by atoms with E-state index in [-0.39, 0.29) is 44.5 Å². The Hall–Kier alpha value is -4.23. The Kier molecular flexibility index (Phi) is 7.82. The summed E-state index contributed by atoms with van der Waals surface area (Å²) >= 11 is 6.19. The van der Waals surface area contributed by atoms with Gasteiger partial charge in [0, 0.05) is 30.5 Å². The van der Waals surface area contributed by atoms with Crippen LogP contribution in [-0.4, -0.2) is 35.8 Å². The van der Waals surface area contributed by atoms with Gasteiger partial charge >= 0.3 is 12.8 Å². The van der Waals surface area contributed by atoms with E-state index >= 15 is 0 Å². The van der Waals surface area contributed by atoms with Crippen molar-refractivity contribution >= 4 is 21.4 Å². The molecule has 14 heteroatoms. The Morgan fingerprint density at radius 2 is 1.65 bits per heavy atom. The molecule has 0 bridgehead atoms. The highest BCUT2D eigenvalue weighted by atomic mass is 35.5. The first-order chi connectivity index (χ1) is 20.1. The number of imidazole rings is 1. The third kappa shape index (κ3) is 6.27. The molecule has 7 nitrogen and oxygen atoms in total. The molecule has 0 atom stereocenters. The number of hydrogen-bond donors (Lipinski definition) is 0. The molecule has 0 N–H and O–H groups in total. The Bertz CT molecular complexity index is 1950. The molecule has 0 unspecified atom stereocenters. The second kappa shape index (κ2) is 11.1. The Labute approximate surface area is 247 Å². The van der Waals surface area contributed by atoms with Gasteiger partial charge in [0.05, 0.1) is 15.6 Å². The summed E-state index contributed by atoms with van der Waals surface area (Å²) in [5.74, 6) is 0.127. The van der Waals surface area contributed by atoms with Crippen molar-refractivity contribution in [3.05, 3.63) is 89.3 Å². The Morgan fingerprint density at radius 1 is 0.953 bits per heavy atom. The summed E-state index contributed by atoms with van der Waals surface area (Å²) in [4.78, 5) is 8.26. The molecule has 0 saturated heterocycles. The van der Waals surface area contributed by atoms with Crippen LogP contribution < -0.4 is 4.74 Å². The number of hydrogen-bond acceptors (Lipinski definition) is 6. The van der Waals surface area contributed by atoms with Gasteiger partial charge in [-0.1, -0.05) is 29.8 Å². The fourth-order valence-corrected chi connectivity index (χ4v) is 5.41. The van der Waals surface area contributed by atoms with Crippen LogP contribution in [0.2, 0.25) is 5.02 Å². The summed E-state index contributed by atoms with van der Waals surface area (Å²) in [5, 5.41) is -0.135. The predicted molar refractivity (Wildman–Crippen MR) is 149 cm³/mol. The van der Waals surface area contributed by atoms with E-state index in [9.17, 15) is 30.4 Å². The first-order valence-corrected chi connectivity index (χ1v) is 14.7. The highest BCUT2D eigenvalue weighted by Crippen LogP contribution is 2.41. The van der Waals surface area contributed by atoms with Crippen LogP contribution in [-0.2, 0) is 16.0 Å². The van der Waals surface area contributed by atoms with Crippen molar-refractivity contribution in [2.45, 2.75) is 31.5 Å². The van der Waals surface area contributed by atoms with E-state index in [1.54, 1.807) is 37.3 Å². The number of alkyl halides is 5. The monoisotopic (exact) mass is 637 g/mol. The lowest BCUT2D eigenvalue weighted by Gasteiger charge is -2.14. The summed E-state index contributed by atoms with van der Waals surface area (Å²) in [6.07, 6.45) is -2.76. The maximum absolute atomic E-state index is 13.6. The minimum atomic E-state index is -4.70. The summed E-state index contributed by atoms with van der Waals surface area (Å²) in [7, 11) is -3.53. The first kappa shape index (κ1) is 30.2. The average Bonchev–Trinajstić information content (AvgIpc) is 3.51. The van der Waals surface area contributed by atoms with Crippen LogP contribution in [0.15, 0.2) is 76.2 Å². The Morgan fingerprint density at radius 3 is 2.28 bits per heavy atom. The average molecular weight is 638 g/mol. The zero-order valence-electron chi connectivity index (χ0n) is 22.6. The molecule has 0 aliphatic carbocycles. The van der Waals surface area contributed by atoms with Crippen molar-refractivity contribution < 1.29 is 39.5 Å². The minimum Gasteiger partial charge on any atom is -0.440 e. The molecule has 5 aromatic rings. The van der Waals surface area contributed by atoms with E-state index in [2.05, 4.69) is 14.7 Å². The van der Waals surface area contributed by atoms with Crippen molar-refractivity contribution in [3.63, 3.8) is 0 Å². The molecule has 0 saturated carbocycles. The second-order valence-corrected chi connectivity index (χ2v) is 11.9. The normalized spacial score (nSPS) is 12.2. The van der Waals surface area contributed by atoms with E-state index < -0.39 is 28.3 Å². The number of oxazole rings is 1. The third-order valence-corrected chi connectivity index (χ3v) is 7.83. The topological polar surface area (TPSA) is 87.2 Å². The van der Waals surface area contributed by atoms with Crippen molar-refractivity contribution in [3.8, 4) is 45.1 Å². The molecule has 224 valence electrons. The lowest BCUT2D eigenvalue weighted by molar-refractivity contribution is -0.141. The molecule has 3 aromatic carbocycles. The van der Waals surface area contributed by atoms with Crippen LogP contribution in [0.25, 0.3) is 39.4 Å². The van der Waals surface area contributed by atoms with E-state index in [1.807, 2.05) is 0 Å². The van der Waals surface area contributed by atoms with Gasteiger partial charge < -0.3 is 13.7 Å². The molecule has 0 amide bonds. The van der Waals surface area contributed by atoms with Crippen LogP contribution in [0.4, 0.5) is 22.0 Å². The van der Waals surface area contributed by atoms with Gasteiger partial charge in [-0.05, 0) is 60.5 Å². The lowest BCUT2D eigenvalue weighted by atomic mass is 9.98. The molecule has 0 aliphatic rings. The van der Waals surface area contributed by atoms with E-state index in [0.29, 0.717) is 22.3 Å². The van der Waals surface area contributed by atoms with Crippen LogP contribution >= 0.6 is 11.6 Å². The van der Waals surface area contributed by atoms with Crippen molar-refractivity contribution in [2.24, 2.45) is 0 Å². The van der Waals surface area contributed by atoms with Gasteiger partial charge in [-0.2, -0.15) is 22.0 Å². The number of sulfone groups is 1. The van der Waals surface area contributed by atoms with Gasteiger partial charge in [0.25, 0.3) is 0 Å². The summed E-state index contributed by atoms with van der Waals surface area (Å²) in [5.41, 5.74) is 1.06. The minimum absolute atomic E-state index is 0.0405. The number of halogens is 6. The van der Waals surface area contributed by atoms with Gasteiger partial charge in [0.1, 0.15) is 17.3 Å². The number of aryl methyl sites for hydroxylation is 2. The van der Waals surface area contributed by atoms with E-state index in [4.69, 9.17) is 16.0 Å². The quantitative estimate of drug-likeness (QED) is 0.167. The highest BCUT2D eigenvalue weighted by molar-refractivity contribution is 7.90. The largest absolute Gasteiger partial charge is 0.440 e. The van der Waals surface area contributed by atoms with Gasteiger partial charge in [-0.15, -0.1) is 0 Å². The van der Waals surface area contributed by atoms with E-state index in [0.717, 1.165) is 12.5 Å². The molecule has 43 heavy (non-hydrogen) atoms. The molecule has 2 heterocycles. The second-order valence-electron chi connectivity index (χ2n) is 9.51. The molecule has 0 aliphatic heterocycles. The third-order valence-electron chi connectivity index (χ3n) is 6.42. The lowest BCUT2D eigenvalue weighted by Crippen LogP contribution is -2.05. The predicted octanol–water partition coefficient (Wildman–Crippen LogP) is 8.16. The molecule has 5 rings (SSSR count). The standard InChI is InChI=1S/C29H21ClF5N3O4S/c1-15-36-25(29(33,34)35)14-38(15)23-9-7-18(17-5-4-6-20(11-17)43(3,39)40)12-21(23)26-27(41-16(2)37-26)19-8-10-24(22(30)13-19)42-28(31)32/h4-14,28H,1-3H3. The Balaban J connectivity index is 1.75. The van der Waals surface area contributed by atoms with Crippen molar-refractivity contribution in [1.29, 1.82) is 0 Å². The molecule has 0 radical (unpaired) electrons. The zero-order valence-corrected chi connectivity index (χ0v) is 24.2. The molecular weight excluding hydrogens is 617 g/mol. The fraction of sp³-hybridized carbons (Fsp3) is 0.172. The summed E-state index contributed by atoms with van der Waals surface area (Å²) in [6, 6.07) is 15.0. The van der Waals surface area contributed by atoms with Crippen LogP contribution in [0.5, 0.6) is 5.75 Å². The van der Waals surface area contributed by atoms with Gasteiger partial charge in [-0.3, -0.25) is 0 Å². The van der Waals surface area contributed by atoms with Crippen molar-refractivity contribution in [2.75, 3.05) is 6.26 Å². The SMILES string of the molecule is Cc1nc(-c2cc(-c3cccc(S(C)(=O)=O)c3)ccc2-n2cc(C(F)(F)F)nc2C)c(-c2ccc(OC(F)F)c(Cl)c2)o1. The fourth-order valence-electron chi connectivity index (χ4n) is 4.51. The van der Waals surface area contributed by atoms with E-state index in [1.165, 1.54) is 41.8 Å². The number of nitrogens with zero attached hydrogens (tertiary/aromatic N) is 3. The highest BCUT2D eigenvalue weighted by Gasteiger charge is 2.35. The first-order valence-electron chi connectivity index (χ1n) is 12.4. The molecule has 0 spiro atoms. The zero-order chi connectivity index (χ0) is 31.3. The van der Waals surface area contributed by atoms with Crippen LogP contribution in [0.3, 0.4) is 0 Å². The maximum atomic E-state index is 13.6. The molecule has 0 fully saturated rings. The van der Waals surface area contributed by atoms with Gasteiger partial charge in [0.15, 0.2) is 27.2 Å². The number of benzene rings is 3. The summed E-state index contributed by atoms with van der Waals surface area (Å²) in [6.45, 7) is -0.122. The summed E-state index contributed by atoms with van der Waals surface area (Å²) < 4.78 is 102. The smallest absolute Gasteiger partial charge is 0.434 e. The van der Waals surface area contributed by atoms with Crippen LogP contribution in [0.1, 0.15) is 17.4 Å². The molecular formula is C29H21ClF5N3O4S. The molecule has 2 aromatic heterocycles. The number of aromatic nitrogens is 3. The van der Waals surface area contributed by atoms with Gasteiger partial charge in [-0.25, -0.2) is 18.4 Å². The van der Waals surface area contributed by atoms with Gasteiger partial charge in [0.2, 0.25) is 0 Å². The maximum Gasteiger partial charge on any atom is 0.434 e. The number of ether oxygens (including phenoxy) is 1. The van der Waals surface area contributed by atoms with Crippen molar-refractivity contribution in [1.82, 2.24) is 14.5 Å².